The molecule has 3 aliphatic rings. The highest BCUT2D eigenvalue weighted by Gasteiger charge is 2.45. The summed E-state index contributed by atoms with van der Waals surface area (Å²) < 4.78 is 6.32. The number of para-hydroxylation sites is 1. The number of aryl methyl sites for hydroxylation is 1. The first-order valence-electron chi connectivity index (χ1n) is 23.1. The van der Waals surface area contributed by atoms with Crippen LogP contribution in [-0.2, 0) is 21.7 Å². The lowest BCUT2D eigenvalue weighted by molar-refractivity contribution is 0.332. The predicted octanol–water partition coefficient (Wildman–Crippen LogP) is 14.6. The molecule has 0 fully saturated rings. The molecule has 1 aliphatic carbocycles. The van der Waals surface area contributed by atoms with Gasteiger partial charge in [-0.15, -0.1) is 0 Å². The number of furan rings is 1. The van der Waals surface area contributed by atoms with E-state index in [1.807, 2.05) is 6.07 Å². The summed E-state index contributed by atoms with van der Waals surface area (Å²) in [5.41, 5.74) is 22.8. The van der Waals surface area contributed by atoms with Gasteiger partial charge in [-0.05, 0) is 163 Å². The third kappa shape index (κ3) is 6.22. The van der Waals surface area contributed by atoms with Crippen molar-refractivity contribution in [3.8, 4) is 11.1 Å². The Morgan fingerprint density at radius 2 is 1.10 bits per heavy atom. The summed E-state index contributed by atoms with van der Waals surface area (Å²) in [6.45, 7) is 26.1. The van der Waals surface area contributed by atoms with Crippen molar-refractivity contribution in [1.82, 2.24) is 0 Å². The monoisotopic (exact) mass is 822 g/mol. The third-order valence-electron chi connectivity index (χ3n) is 14.9. The summed E-state index contributed by atoms with van der Waals surface area (Å²) in [6.07, 6.45) is 2.38. The van der Waals surface area contributed by atoms with E-state index >= 15 is 0 Å². The van der Waals surface area contributed by atoms with Crippen molar-refractivity contribution in [2.24, 2.45) is 0 Å². The van der Waals surface area contributed by atoms with Crippen molar-refractivity contribution in [2.45, 2.75) is 111 Å². The molecule has 8 aromatic rings. The lowest BCUT2D eigenvalue weighted by atomic mass is 9.33. The van der Waals surface area contributed by atoms with Crippen molar-refractivity contribution in [3.63, 3.8) is 0 Å². The summed E-state index contributed by atoms with van der Waals surface area (Å²) in [5.74, 6) is 0. The number of benzene rings is 7. The molecule has 0 saturated carbocycles. The van der Waals surface area contributed by atoms with Gasteiger partial charge in [0.1, 0.15) is 11.2 Å². The molecule has 0 saturated heterocycles. The zero-order valence-corrected chi connectivity index (χ0v) is 39.0. The maximum atomic E-state index is 6.32. The molecular weight excluding hydrogens is 763 g/mol. The van der Waals surface area contributed by atoms with Gasteiger partial charge >= 0.3 is 0 Å². The van der Waals surface area contributed by atoms with E-state index in [9.17, 15) is 0 Å². The van der Waals surface area contributed by atoms with Gasteiger partial charge in [-0.25, -0.2) is 0 Å². The number of fused-ring (bicyclic) bond motifs is 8. The molecule has 63 heavy (non-hydrogen) atoms. The largest absolute Gasteiger partial charge is 0.456 e. The minimum Gasteiger partial charge on any atom is -0.456 e. The van der Waals surface area contributed by atoms with E-state index in [4.69, 9.17) is 4.42 Å². The Hall–Kier alpha value is -6.00. The lowest BCUT2D eigenvalue weighted by Crippen LogP contribution is -2.61. The Morgan fingerprint density at radius 1 is 0.492 bits per heavy atom. The lowest BCUT2D eigenvalue weighted by Gasteiger charge is -2.46. The van der Waals surface area contributed by atoms with Crippen molar-refractivity contribution in [2.75, 3.05) is 9.80 Å². The van der Waals surface area contributed by atoms with Gasteiger partial charge in [0.2, 0.25) is 0 Å². The van der Waals surface area contributed by atoms with Crippen LogP contribution in [0.25, 0.3) is 33.1 Å². The second-order valence-electron chi connectivity index (χ2n) is 22.2. The van der Waals surface area contributed by atoms with E-state index < -0.39 is 0 Å². The van der Waals surface area contributed by atoms with Crippen LogP contribution in [0, 0.1) is 6.92 Å². The minimum absolute atomic E-state index is 0.00867. The first kappa shape index (κ1) is 39.8. The molecule has 11 rings (SSSR count). The van der Waals surface area contributed by atoms with Crippen molar-refractivity contribution < 1.29 is 4.42 Å². The standard InChI is InChI=1S/C59H59BN2O/c1-36-30-51-55-52(31-36)62(42-23-25-45-46(35-42)59(10,11)29-28-58(45,8)9)50-34-40(57(5,6)7)19-26-47(50)60(55)48-33-39(56(2,3)4)20-27-49(48)61(51)41-21-16-37(17-22-41)38-18-24-44-43-14-12-13-15-53(43)63-54(44)32-38/h12-27,30-35H,28-29H2,1-11H3. The van der Waals surface area contributed by atoms with Gasteiger partial charge in [-0.2, -0.15) is 0 Å². The molecule has 4 heteroatoms. The van der Waals surface area contributed by atoms with Crippen LogP contribution in [0.4, 0.5) is 34.1 Å². The van der Waals surface area contributed by atoms with E-state index in [0.29, 0.717) is 0 Å². The van der Waals surface area contributed by atoms with Gasteiger partial charge in [-0.1, -0.05) is 136 Å². The highest BCUT2D eigenvalue weighted by molar-refractivity contribution is 7.00. The summed E-state index contributed by atoms with van der Waals surface area (Å²) in [4.78, 5) is 5.17. The van der Waals surface area contributed by atoms with Crippen LogP contribution in [0.2, 0.25) is 0 Å². The fraction of sp³-hybridized carbons (Fsp3) is 0.288. The van der Waals surface area contributed by atoms with Gasteiger partial charge < -0.3 is 14.2 Å². The topological polar surface area (TPSA) is 19.6 Å². The molecule has 1 aromatic heterocycles. The minimum atomic E-state index is -0.0117. The maximum absolute atomic E-state index is 6.32. The first-order chi connectivity index (χ1) is 29.9. The fourth-order valence-corrected chi connectivity index (χ4v) is 11.0. The Bertz CT molecular complexity index is 3170. The Kier molecular flexibility index (Phi) is 8.54. The maximum Gasteiger partial charge on any atom is 0.252 e. The summed E-state index contributed by atoms with van der Waals surface area (Å²) in [7, 11) is 0. The van der Waals surface area contributed by atoms with E-state index in [1.54, 1.807) is 0 Å². The molecule has 0 amide bonds. The molecule has 2 aliphatic heterocycles. The van der Waals surface area contributed by atoms with Crippen molar-refractivity contribution in [1.29, 1.82) is 0 Å². The van der Waals surface area contributed by atoms with E-state index in [0.717, 1.165) is 33.2 Å². The molecule has 3 heterocycles. The average molecular weight is 823 g/mol. The van der Waals surface area contributed by atoms with Gasteiger partial charge in [0, 0.05) is 44.9 Å². The smallest absolute Gasteiger partial charge is 0.252 e. The number of hydrogen-bond donors (Lipinski definition) is 0. The van der Waals surface area contributed by atoms with Crippen LogP contribution in [-0.4, -0.2) is 6.71 Å². The highest BCUT2D eigenvalue weighted by atomic mass is 16.3. The SMILES string of the molecule is Cc1cc2c3c(c1)N(c1ccc4c(c1)C(C)(C)CCC4(C)C)c1cc(C(C)(C)C)ccc1B3c1cc(C(C)(C)C)ccc1N2c1ccc(-c2ccc3c(c2)oc2ccccc23)cc1. The van der Waals surface area contributed by atoms with Crippen LogP contribution in [0.5, 0.6) is 0 Å². The first-order valence-corrected chi connectivity index (χ1v) is 23.1. The van der Waals surface area contributed by atoms with E-state index in [1.165, 1.54) is 91.0 Å². The van der Waals surface area contributed by atoms with Crippen LogP contribution in [0.3, 0.4) is 0 Å². The average Bonchev–Trinajstić information content (AvgIpc) is 3.62. The normalized spacial score (nSPS) is 16.2. The molecular formula is C59H59BN2O. The van der Waals surface area contributed by atoms with Gasteiger partial charge in [0.25, 0.3) is 6.71 Å². The van der Waals surface area contributed by atoms with E-state index in [-0.39, 0.29) is 28.4 Å². The summed E-state index contributed by atoms with van der Waals surface area (Å²) in [6, 6.07) is 51.1. The fourth-order valence-electron chi connectivity index (χ4n) is 11.0. The number of anilines is 6. The Labute approximate surface area is 374 Å². The van der Waals surface area contributed by atoms with Gasteiger partial charge in [0.05, 0.1) is 0 Å². The van der Waals surface area contributed by atoms with Crippen LogP contribution in [0.15, 0.2) is 138 Å². The summed E-state index contributed by atoms with van der Waals surface area (Å²) >= 11 is 0. The molecule has 0 bridgehead atoms. The molecule has 0 spiro atoms. The van der Waals surface area contributed by atoms with Gasteiger partial charge in [-0.3, -0.25) is 0 Å². The van der Waals surface area contributed by atoms with Gasteiger partial charge in [0.15, 0.2) is 0 Å². The third-order valence-corrected chi connectivity index (χ3v) is 14.9. The van der Waals surface area contributed by atoms with E-state index in [2.05, 4.69) is 213 Å². The molecule has 0 unspecified atom stereocenters. The molecule has 0 radical (unpaired) electrons. The molecule has 314 valence electrons. The number of hydrogen-bond acceptors (Lipinski definition) is 3. The van der Waals surface area contributed by atoms with Crippen LogP contribution in [0.1, 0.15) is 110 Å². The molecule has 0 atom stereocenters. The van der Waals surface area contributed by atoms with Crippen molar-refractivity contribution >= 4 is 79.2 Å². The highest BCUT2D eigenvalue weighted by Crippen LogP contribution is 2.50. The second-order valence-corrected chi connectivity index (χ2v) is 22.2. The molecule has 7 aromatic carbocycles. The van der Waals surface area contributed by atoms with Crippen LogP contribution < -0.4 is 26.2 Å². The van der Waals surface area contributed by atoms with Crippen LogP contribution >= 0.6 is 0 Å². The zero-order chi connectivity index (χ0) is 44.0. The Morgan fingerprint density at radius 3 is 1.81 bits per heavy atom. The molecule has 3 nitrogen and oxygen atoms in total. The quantitative estimate of drug-likeness (QED) is 0.166. The molecule has 0 N–H and O–H groups in total. The summed E-state index contributed by atoms with van der Waals surface area (Å²) in [5, 5.41) is 2.31. The predicted molar refractivity (Wildman–Crippen MR) is 271 cm³/mol. The second kappa shape index (κ2) is 13.5. The number of rotatable bonds is 3. The zero-order valence-electron chi connectivity index (χ0n) is 39.0. The Balaban J connectivity index is 1.13. The van der Waals surface area contributed by atoms with Crippen molar-refractivity contribution in [3.05, 3.63) is 161 Å². The number of nitrogens with zero attached hydrogens (tertiary/aromatic N) is 2.